The molecule has 0 aliphatic heterocycles. The van der Waals surface area contributed by atoms with E-state index in [4.69, 9.17) is 4.74 Å². The molecular weight excluding hydrogens is 288 g/mol. The molecule has 0 amide bonds. The van der Waals surface area contributed by atoms with Crippen LogP contribution in [0.2, 0.25) is 0 Å². The first kappa shape index (κ1) is 18.8. The molecule has 0 aromatic heterocycles. The highest BCUT2D eigenvalue weighted by atomic mass is 17.1. The minimum atomic E-state index is -1.47. The van der Waals surface area contributed by atoms with Crippen molar-refractivity contribution < 1.29 is 29.3 Å². The van der Waals surface area contributed by atoms with Gasteiger partial charge >= 0.3 is 5.97 Å². The zero-order valence-electron chi connectivity index (χ0n) is 13.7. The molecule has 0 radical (unpaired) electrons. The summed E-state index contributed by atoms with van der Waals surface area (Å²) in [4.78, 5) is 39.6. The Kier molecular flexibility index (Phi) is 6.68. The highest BCUT2D eigenvalue weighted by Crippen LogP contribution is 2.48. The maximum Gasteiger partial charge on any atom is 0.308 e. The Morgan fingerprint density at radius 1 is 1.41 bits per heavy atom. The summed E-state index contributed by atoms with van der Waals surface area (Å²) < 4.78 is 4.76. The van der Waals surface area contributed by atoms with E-state index in [9.17, 15) is 19.6 Å². The molecule has 0 spiro atoms. The van der Waals surface area contributed by atoms with Gasteiger partial charge in [0.15, 0.2) is 11.9 Å². The van der Waals surface area contributed by atoms with Crippen molar-refractivity contribution in [3.05, 3.63) is 0 Å². The fourth-order valence-electron chi connectivity index (χ4n) is 3.78. The van der Waals surface area contributed by atoms with Crippen molar-refractivity contribution in [3.63, 3.8) is 0 Å². The first-order chi connectivity index (χ1) is 10.3. The van der Waals surface area contributed by atoms with Crippen LogP contribution < -0.4 is 0 Å². The molecule has 6 heteroatoms. The van der Waals surface area contributed by atoms with Gasteiger partial charge in [-0.15, -0.1) is 0 Å². The topological polar surface area (TPSA) is 89.9 Å². The van der Waals surface area contributed by atoms with Crippen molar-refractivity contribution in [2.24, 2.45) is 23.7 Å². The third-order valence-corrected chi connectivity index (χ3v) is 5.11. The van der Waals surface area contributed by atoms with Gasteiger partial charge in [-0.3, -0.25) is 14.8 Å². The number of ether oxygens (including phenoxy) is 1. The van der Waals surface area contributed by atoms with Crippen molar-refractivity contribution >= 4 is 18.0 Å². The second-order valence-corrected chi connectivity index (χ2v) is 6.38. The number of methoxy groups -OCH3 is 1. The molecule has 0 aromatic carbocycles. The summed E-state index contributed by atoms with van der Waals surface area (Å²) in [5.41, 5.74) is -1.47. The lowest BCUT2D eigenvalue weighted by Crippen LogP contribution is -2.57. The highest BCUT2D eigenvalue weighted by molar-refractivity contribution is 5.76. The smallest absolute Gasteiger partial charge is 0.308 e. The zero-order valence-corrected chi connectivity index (χ0v) is 13.7. The second kappa shape index (κ2) is 7.83. The van der Waals surface area contributed by atoms with Crippen LogP contribution in [0.4, 0.5) is 0 Å². The number of hydrogen-bond acceptors (Lipinski definition) is 6. The predicted octanol–water partition coefficient (Wildman–Crippen LogP) is 2.25. The Morgan fingerprint density at radius 3 is 2.50 bits per heavy atom. The normalized spacial score (nSPS) is 33.0. The van der Waals surface area contributed by atoms with Gasteiger partial charge in [-0.2, -0.15) is 0 Å². The summed E-state index contributed by atoms with van der Waals surface area (Å²) in [6.45, 7) is 5.14. The molecule has 22 heavy (non-hydrogen) atoms. The summed E-state index contributed by atoms with van der Waals surface area (Å²) in [6.07, 6.45) is 2.73. The number of aldehydes is 1. The Hall–Kier alpha value is -1.27. The van der Waals surface area contributed by atoms with Gasteiger partial charge in [-0.1, -0.05) is 13.8 Å². The molecule has 0 aromatic rings. The molecule has 6 nitrogen and oxygen atoms in total. The standard InChI is InChI=1S/C16H26O6/c1-10-5-7-14(12(3)15(19)21-4)16(9-17,22-20)13(10)8-6-11(2)18/h9-10,12-14,20H,5-8H2,1-4H3/t10-,12-,13+,14+,16-/m1/s1. The third-order valence-electron chi connectivity index (χ3n) is 5.11. The maximum absolute atomic E-state index is 11.9. The number of ketones is 1. The lowest BCUT2D eigenvalue weighted by atomic mass is 9.60. The fraction of sp³-hybridized carbons (Fsp3) is 0.812. The van der Waals surface area contributed by atoms with Gasteiger partial charge in [-0.05, 0) is 32.1 Å². The fourth-order valence-corrected chi connectivity index (χ4v) is 3.78. The van der Waals surface area contributed by atoms with E-state index in [0.717, 1.165) is 6.42 Å². The number of carbonyl (C=O) groups excluding carboxylic acids is 3. The number of Topliss-reactive ketones (excluding diaryl/α,β-unsaturated/α-hetero) is 1. The van der Waals surface area contributed by atoms with E-state index in [2.05, 4.69) is 4.89 Å². The molecule has 126 valence electrons. The Balaban J connectivity index is 3.14. The molecule has 0 saturated heterocycles. The van der Waals surface area contributed by atoms with Crippen LogP contribution in [-0.2, 0) is 24.0 Å². The first-order valence-corrected chi connectivity index (χ1v) is 7.70. The van der Waals surface area contributed by atoms with Gasteiger partial charge in [0.05, 0.1) is 13.0 Å². The molecule has 1 rings (SSSR count). The van der Waals surface area contributed by atoms with Gasteiger partial charge in [0.2, 0.25) is 0 Å². The monoisotopic (exact) mass is 314 g/mol. The van der Waals surface area contributed by atoms with Crippen molar-refractivity contribution in [1.29, 1.82) is 0 Å². The quantitative estimate of drug-likeness (QED) is 0.335. The van der Waals surface area contributed by atoms with Gasteiger partial charge in [0.1, 0.15) is 5.78 Å². The van der Waals surface area contributed by atoms with Gasteiger partial charge < -0.3 is 9.53 Å². The van der Waals surface area contributed by atoms with Crippen LogP contribution in [0.5, 0.6) is 0 Å². The van der Waals surface area contributed by atoms with E-state index in [0.29, 0.717) is 25.5 Å². The Bertz CT molecular complexity index is 421. The lowest BCUT2D eigenvalue weighted by molar-refractivity contribution is -0.347. The summed E-state index contributed by atoms with van der Waals surface area (Å²) >= 11 is 0. The van der Waals surface area contributed by atoms with Crippen LogP contribution in [0.25, 0.3) is 0 Å². The molecular formula is C16H26O6. The average Bonchev–Trinajstić information content (AvgIpc) is 2.51. The number of hydrogen-bond donors (Lipinski definition) is 1. The average molecular weight is 314 g/mol. The summed E-state index contributed by atoms with van der Waals surface area (Å²) in [5.74, 6) is -1.67. The van der Waals surface area contributed by atoms with E-state index in [1.54, 1.807) is 6.92 Å². The molecule has 1 fully saturated rings. The van der Waals surface area contributed by atoms with Crippen molar-refractivity contribution in [1.82, 2.24) is 0 Å². The molecule has 1 aliphatic carbocycles. The van der Waals surface area contributed by atoms with Crippen LogP contribution in [0, 0.1) is 23.7 Å². The van der Waals surface area contributed by atoms with Crippen LogP contribution in [-0.4, -0.2) is 36.0 Å². The lowest BCUT2D eigenvalue weighted by Gasteiger charge is -2.48. The van der Waals surface area contributed by atoms with Gasteiger partial charge in [0.25, 0.3) is 0 Å². The second-order valence-electron chi connectivity index (χ2n) is 6.38. The Labute approximate surface area is 131 Å². The summed E-state index contributed by atoms with van der Waals surface area (Å²) in [5, 5.41) is 9.50. The number of carbonyl (C=O) groups is 3. The van der Waals surface area contributed by atoms with Crippen LogP contribution in [0.3, 0.4) is 0 Å². The zero-order chi connectivity index (χ0) is 16.9. The maximum atomic E-state index is 11.9. The van der Waals surface area contributed by atoms with Gasteiger partial charge in [0, 0.05) is 18.3 Å². The first-order valence-electron chi connectivity index (χ1n) is 7.70. The molecule has 5 atom stereocenters. The van der Waals surface area contributed by atoms with E-state index in [1.165, 1.54) is 14.0 Å². The van der Waals surface area contributed by atoms with E-state index < -0.39 is 23.4 Å². The van der Waals surface area contributed by atoms with Crippen LogP contribution in [0.15, 0.2) is 0 Å². The SMILES string of the molecule is COC(=O)[C@H](C)[C@@H]1CC[C@@H](C)[C@H](CCC(C)=O)[C@@]1(C=O)OO. The Morgan fingerprint density at radius 2 is 2.05 bits per heavy atom. The van der Waals surface area contributed by atoms with Crippen molar-refractivity contribution in [2.45, 2.75) is 52.1 Å². The van der Waals surface area contributed by atoms with E-state index >= 15 is 0 Å². The largest absolute Gasteiger partial charge is 0.469 e. The molecule has 1 N–H and O–H groups in total. The summed E-state index contributed by atoms with van der Waals surface area (Å²) in [6, 6.07) is 0. The molecule has 1 saturated carbocycles. The number of esters is 1. The summed E-state index contributed by atoms with van der Waals surface area (Å²) in [7, 11) is 1.29. The number of rotatable bonds is 7. The van der Waals surface area contributed by atoms with Crippen molar-refractivity contribution in [2.75, 3.05) is 7.11 Å². The van der Waals surface area contributed by atoms with E-state index in [1.807, 2.05) is 6.92 Å². The van der Waals surface area contributed by atoms with Crippen LogP contribution >= 0.6 is 0 Å². The predicted molar refractivity (Wildman–Crippen MR) is 79.0 cm³/mol. The van der Waals surface area contributed by atoms with Crippen molar-refractivity contribution in [3.8, 4) is 0 Å². The minimum Gasteiger partial charge on any atom is -0.469 e. The molecule has 0 heterocycles. The van der Waals surface area contributed by atoms with E-state index in [-0.39, 0.29) is 17.6 Å². The van der Waals surface area contributed by atoms with Gasteiger partial charge in [-0.25, -0.2) is 4.89 Å². The third kappa shape index (κ3) is 3.55. The minimum absolute atomic E-state index is 0.0214. The van der Waals surface area contributed by atoms with Crippen LogP contribution in [0.1, 0.15) is 46.5 Å². The molecule has 0 unspecified atom stereocenters. The molecule has 0 bridgehead atoms. The molecule has 1 aliphatic rings. The highest BCUT2D eigenvalue weighted by Gasteiger charge is 2.55.